The molecule has 188 valence electrons. The molecule has 0 fully saturated rings. The molecule has 10 nitrogen and oxygen atoms in total. The van der Waals surface area contributed by atoms with E-state index in [4.69, 9.17) is 9.47 Å². The number of amides is 1. The summed E-state index contributed by atoms with van der Waals surface area (Å²) in [5.74, 6) is 0.545. The third kappa shape index (κ3) is 7.08. The maximum absolute atomic E-state index is 12.6. The molecule has 0 radical (unpaired) electrons. The third-order valence-electron chi connectivity index (χ3n) is 4.76. The summed E-state index contributed by atoms with van der Waals surface area (Å²) >= 11 is 0. The average molecular weight is 514 g/mol. The Kier molecular flexibility index (Phi) is 9.30. The second-order valence-electron chi connectivity index (χ2n) is 7.56. The molecular weight excluding hydrogens is 482 g/mol. The van der Waals surface area contributed by atoms with Gasteiger partial charge in [-0.3, -0.25) is 9.10 Å². The molecule has 0 aliphatic carbocycles. The van der Waals surface area contributed by atoms with Gasteiger partial charge in [0, 0.05) is 14.1 Å². The first-order valence-corrected chi connectivity index (χ1v) is 13.8. The minimum Gasteiger partial charge on any atom is -0.494 e. The maximum Gasteiger partial charge on any atom is 0.243 e. The molecular formula is C22H31N3O7S2. The van der Waals surface area contributed by atoms with Gasteiger partial charge in [-0.2, -0.15) is 0 Å². The van der Waals surface area contributed by atoms with Crippen molar-refractivity contribution in [1.82, 2.24) is 9.62 Å². The summed E-state index contributed by atoms with van der Waals surface area (Å²) in [6.45, 7) is 4.06. The van der Waals surface area contributed by atoms with Gasteiger partial charge in [-0.15, -0.1) is 0 Å². The summed E-state index contributed by atoms with van der Waals surface area (Å²) < 4.78 is 62.1. The minimum absolute atomic E-state index is 0.111. The van der Waals surface area contributed by atoms with E-state index >= 15 is 0 Å². The fourth-order valence-electron chi connectivity index (χ4n) is 3.07. The van der Waals surface area contributed by atoms with Gasteiger partial charge in [0.1, 0.15) is 24.1 Å². The van der Waals surface area contributed by atoms with Gasteiger partial charge in [-0.1, -0.05) is 0 Å². The zero-order valence-electron chi connectivity index (χ0n) is 19.9. The SMILES string of the molecule is CCOc1ccc(N([C@@H](C)C(=O)NCCOc2ccc(S(=O)(=O)N(C)C)cc2)S(C)(=O)=O)cc1. The Morgan fingerprint density at radius 3 is 1.97 bits per heavy atom. The summed E-state index contributed by atoms with van der Waals surface area (Å²) in [5, 5.41) is 2.66. The molecule has 1 N–H and O–H groups in total. The van der Waals surface area contributed by atoms with Crippen LogP contribution in [0.1, 0.15) is 13.8 Å². The lowest BCUT2D eigenvalue weighted by Crippen LogP contribution is -2.48. The number of nitrogens with one attached hydrogen (secondary N) is 1. The number of benzene rings is 2. The van der Waals surface area contributed by atoms with E-state index in [9.17, 15) is 21.6 Å². The molecule has 0 unspecified atom stereocenters. The van der Waals surface area contributed by atoms with Crippen LogP contribution in [-0.4, -0.2) is 73.2 Å². The summed E-state index contributed by atoms with van der Waals surface area (Å²) in [4.78, 5) is 12.8. The van der Waals surface area contributed by atoms with Crippen molar-refractivity contribution in [1.29, 1.82) is 0 Å². The predicted octanol–water partition coefficient (Wildman–Crippen LogP) is 1.69. The van der Waals surface area contributed by atoms with E-state index in [0.29, 0.717) is 23.8 Å². The molecule has 0 saturated carbocycles. The molecule has 1 atom stereocenters. The topological polar surface area (TPSA) is 122 Å². The minimum atomic E-state index is -3.74. The summed E-state index contributed by atoms with van der Waals surface area (Å²) in [7, 11) is -4.37. The van der Waals surface area contributed by atoms with Crippen molar-refractivity contribution in [2.75, 3.05) is 44.4 Å². The lowest BCUT2D eigenvalue weighted by atomic mass is 10.2. The van der Waals surface area contributed by atoms with E-state index in [1.807, 2.05) is 6.92 Å². The van der Waals surface area contributed by atoms with Crippen molar-refractivity contribution in [3.63, 3.8) is 0 Å². The molecule has 0 bridgehead atoms. The van der Waals surface area contributed by atoms with E-state index < -0.39 is 32.0 Å². The van der Waals surface area contributed by atoms with Crippen LogP contribution in [0.25, 0.3) is 0 Å². The van der Waals surface area contributed by atoms with Crippen LogP contribution in [0.3, 0.4) is 0 Å². The van der Waals surface area contributed by atoms with Crippen LogP contribution in [0.4, 0.5) is 5.69 Å². The quantitative estimate of drug-likeness (QED) is 0.429. The van der Waals surface area contributed by atoms with Crippen molar-refractivity contribution in [2.45, 2.75) is 24.8 Å². The normalized spacial score (nSPS) is 12.8. The van der Waals surface area contributed by atoms with Crippen LogP contribution in [0.2, 0.25) is 0 Å². The first-order valence-electron chi connectivity index (χ1n) is 10.5. The Bertz CT molecular complexity index is 1160. The van der Waals surface area contributed by atoms with E-state index in [1.165, 1.54) is 45.3 Å². The van der Waals surface area contributed by atoms with E-state index in [0.717, 1.165) is 14.9 Å². The average Bonchev–Trinajstić information content (AvgIpc) is 2.77. The van der Waals surface area contributed by atoms with Gasteiger partial charge >= 0.3 is 0 Å². The van der Waals surface area contributed by atoms with Gasteiger partial charge < -0.3 is 14.8 Å². The smallest absolute Gasteiger partial charge is 0.243 e. The summed E-state index contributed by atoms with van der Waals surface area (Å²) in [6, 6.07) is 11.4. The highest BCUT2D eigenvalue weighted by Crippen LogP contribution is 2.24. The molecule has 0 spiro atoms. The highest BCUT2D eigenvalue weighted by molar-refractivity contribution is 7.92. The first-order chi connectivity index (χ1) is 15.9. The largest absolute Gasteiger partial charge is 0.494 e. The van der Waals surface area contributed by atoms with Gasteiger partial charge in [0.25, 0.3) is 0 Å². The van der Waals surface area contributed by atoms with Crippen molar-refractivity contribution in [2.24, 2.45) is 0 Å². The van der Waals surface area contributed by atoms with Gasteiger partial charge in [0.05, 0.1) is 30.0 Å². The Morgan fingerprint density at radius 1 is 0.941 bits per heavy atom. The Morgan fingerprint density at radius 2 is 1.47 bits per heavy atom. The third-order valence-corrected chi connectivity index (χ3v) is 7.83. The molecule has 0 heterocycles. The number of carbonyl (C=O) groups is 1. The Labute approximate surface area is 201 Å². The number of anilines is 1. The van der Waals surface area contributed by atoms with E-state index in [1.54, 1.807) is 24.3 Å². The monoisotopic (exact) mass is 513 g/mol. The number of nitrogens with zero attached hydrogens (tertiary/aromatic N) is 2. The highest BCUT2D eigenvalue weighted by Gasteiger charge is 2.29. The fraction of sp³-hybridized carbons (Fsp3) is 0.409. The molecule has 0 saturated heterocycles. The second kappa shape index (κ2) is 11.5. The van der Waals surface area contributed by atoms with Gasteiger partial charge in [-0.25, -0.2) is 21.1 Å². The molecule has 1 amide bonds. The number of carbonyl (C=O) groups excluding carboxylic acids is 1. The van der Waals surface area contributed by atoms with Crippen LogP contribution in [0.5, 0.6) is 11.5 Å². The van der Waals surface area contributed by atoms with Gasteiger partial charge in [-0.05, 0) is 62.4 Å². The van der Waals surface area contributed by atoms with E-state index in [-0.39, 0.29) is 18.0 Å². The van der Waals surface area contributed by atoms with E-state index in [2.05, 4.69) is 5.32 Å². The number of hydrogen-bond acceptors (Lipinski definition) is 7. The number of sulfonamides is 2. The van der Waals surface area contributed by atoms with Crippen LogP contribution < -0.4 is 19.1 Å². The lowest BCUT2D eigenvalue weighted by molar-refractivity contribution is -0.121. The number of ether oxygens (including phenoxy) is 2. The first kappa shape index (κ1) is 27.4. The zero-order chi connectivity index (χ0) is 25.5. The van der Waals surface area contributed by atoms with Crippen molar-refractivity contribution < 1.29 is 31.1 Å². The fourth-order valence-corrected chi connectivity index (χ4v) is 5.15. The van der Waals surface area contributed by atoms with Crippen LogP contribution in [0, 0.1) is 0 Å². The molecule has 2 aromatic carbocycles. The molecule has 34 heavy (non-hydrogen) atoms. The maximum atomic E-state index is 12.6. The molecule has 2 aromatic rings. The van der Waals surface area contributed by atoms with Crippen LogP contribution in [-0.2, 0) is 24.8 Å². The Balaban J connectivity index is 1.96. The number of rotatable bonds is 12. The van der Waals surface area contributed by atoms with Crippen LogP contribution >= 0.6 is 0 Å². The molecule has 0 aliphatic rings. The zero-order valence-corrected chi connectivity index (χ0v) is 21.5. The Hall–Kier alpha value is -2.83. The van der Waals surface area contributed by atoms with Gasteiger partial charge in [0.15, 0.2) is 0 Å². The molecule has 2 rings (SSSR count). The van der Waals surface area contributed by atoms with Crippen LogP contribution in [0.15, 0.2) is 53.4 Å². The lowest BCUT2D eigenvalue weighted by Gasteiger charge is -2.28. The van der Waals surface area contributed by atoms with Crippen molar-refractivity contribution in [3.8, 4) is 11.5 Å². The number of hydrogen-bond donors (Lipinski definition) is 1. The summed E-state index contributed by atoms with van der Waals surface area (Å²) in [5.41, 5.74) is 0.345. The predicted molar refractivity (Wildman–Crippen MR) is 130 cm³/mol. The van der Waals surface area contributed by atoms with Crippen molar-refractivity contribution in [3.05, 3.63) is 48.5 Å². The highest BCUT2D eigenvalue weighted by atomic mass is 32.2. The second-order valence-corrected chi connectivity index (χ2v) is 11.6. The summed E-state index contributed by atoms with van der Waals surface area (Å²) in [6.07, 6.45) is 1.04. The standard InChI is InChI=1S/C22H31N3O7S2/c1-6-31-19-9-7-18(8-10-19)25(33(5,27)28)17(2)22(26)23-15-16-32-20-11-13-21(14-12-20)34(29,30)24(3)4/h7-14,17H,6,15-16H2,1-5H3,(H,23,26)/t17-/m0/s1. The molecule has 12 heteroatoms. The molecule has 0 aliphatic heterocycles. The van der Waals surface area contributed by atoms with Gasteiger partial charge in [0.2, 0.25) is 26.0 Å². The van der Waals surface area contributed by atoms with Crippen molar-refractivity contribution >= 4 is 31.6 Å². The molecule has 0 aromatic heterocycles.